The number of hydroxylamine groups is 2. The first kappa shape index (κ1) is 14.9. The molecule has 116 valence electrons. The zero-order valence-electron chi connectivity index (χ0n) is 12.9. The Labute approximate surface area is 133 Å². The summed E-state index contributed by atoms with van der Waals surface area (Å²) in [5, 5.41) is 5.46. The molecule has 1 amide bonds. The minimum atomic E-state index is -0.403. The summed E-state index contributed by atoms with van der Waals surface area (Å²) in [6.45, 7) is 0. The second kappa shape index (κ2) is 6.41. The molecule has 6 heteroatoms. The number of carbonyl (C=O) groups excluding carboxylic acids is 1. The molecule has 0 fully saturated rings. The predicted octanol–water partition coefficient (Wildman–Crippen LogP) is 2.57. The standard InChI is InChI=1S/C17H16N4O2/c1-20(23-2)17(22)15-18-16(13-9-5-3-6-10-13)21(19-15)14-11-7-4-8-12-14/h3-12H,1-2H3. The van der Waals surface area contributed by atoms with Crippen molar-refractivity contribution in [1.82, 2.24) is 19.8 Å². The van der Waals surface area contributed by atoms with Gasteiger partial charge >= 0.3 is 5.91 Å². The second-order valence-electron chi connectivity index (χ2n) is 4.86. The molecule has 0 radical (unpaired) electrons. The maximum Gasteiger partial charge on any atom is 0.316 e. The maximum atomic E-state index is 12.3. The molecular weight excluding hydrogens is 292 g/mol. The molecule has 3 rings (SSSR count). The van der Waals surface area contributed by atoms with Gasteiger partial charge in [-0.25, -0.2) is 14.7 Å². The maximum absolute atomic E-state index is 12.3. The number of carbonyl (C=O) groups is 1. The number of hydrogen-bond donors (Lipinski definition) is 0. The fourth-order valence-corrected chi connectivity index (χ4v) is 2.15. The molecule has 0 aliphatic rings. The summed E-state index contributed by atoms with van der Waals surface area (Å²) in [4.78, 5) is 21.6. The molecule has 0 N–H and O–H groups in total. The van der Waals surface area contributed by atoms with Crippen LogP contribution in [0.1, 0.15) is 10.6 Å². The molecular formula is C17H16N4O2. The Kier molecular flexibility index (Phi) is 4.16. The monoisotopic (exact) mass is 308 g/mol. The van der Waals surface area contributed by atoms with Crippen LogP contribution in [0.3, 0.4) is 0 Å². The lowest BCUT2D eigenvalue weighted by Crippen LogP contribution is -2.26. The number of aromatic nitrogens is 3. The fourth-order valence-electron chi connectivity index (χ4n) is 2.15. The lowest BCUT2D eigenvalue weighted by atomic mass is 10.2. The molecule has 0 saturated heterocycles. The Hall–Kier alpha value is -2.99. The van der Waals surface area contributed by atoms with Crippen molar-refractivity contribution in [2.75, 3.05) is 14.2 Å². The highest BCUT2D eigenvalue weighted by molar-refractivity contribution is 5.90. The summed E-state index contributed by atoms with van der Waals surface area (Å²) in [7, 11) is 2.94. The average molecular weight is 308 g/mol. The summed E-state index contributed by atoms with van der Waals surface area (Å²) < 4.78 is 1.66. The number of nitrogens with zero attached hydrogens (tertiary/aromatic N) is 4. The summed E-state index contributed by atoms with van der Waals surface area (Å²) in [6.07, 6.45) is 0. The third-order valence-electron chi connectivity index (χ3n) is 3.39. The molecule has 2 aromatic carbocycles. The van der Waals surface area contributed by atoms with Crippen LogP contribution in [-0.4, -0.2) is 39.9 Å². The first-order valence-corrected chi connectivity index (χ1v) is 7.11. The largest absolute Gasteiger partial charge is 0.316 e. The molecule has 0 unspecified atom stereocenters. The van der Waals surface area contributed by atoms with Crippen LogP contribution in [-0.2, 0) is 4.84 Å². The van der Waals surface area contributed by atoms with Gasteiger partial charge in [-0.2, -0.15) is 0 Å². The van der Waals surface area contributed by atoms with E-state index in [1.165, 1.54) is 14.2 Å². The zero-order valence-corrected chi connectivity index (χ0v) is 12.9. The SMILES string of the molecule is CON(C)C(=O)c1nc(-c2ccccc2)n(-c2ccccc2)n1. The molecule has 0 atom stereocenters. The predicted molar refractivity (Wildman–Crippen MR) is 85.9 cm³/mol. The lowest BCUT2D eigenvalue weighted by molar-refractivity contribution is -0.0764. The van der Waals surface area contributed by atoms with Gasteiger partial charge < -0.3 is 0 Å². The van der Waals surface area contributed by atoms with Gasteiger partial charge in [-0.1, -0.05) is 48.5 Å². The van der Waals surface area contributed by atoms with Crippen LogP contribution < -0.4 is 0 Å². The van der Waals surface area contributed by atoms with Gasteiger partial charge in [-0.3, -0.25) is 9.63 Å². The van der Waals surface area contributed by atoms with Crippen molar-refractivity contribution in [2.24, 2.45) is 0 Å². The van der Waals surface area contributed by atoms with Gasteiger partial charge in [0.15, 0.2) is 5.82 Å². The minimum Gasteiger partial charge on any atom is -0.274 e. The average Bonchev–Trinajstić information content (AvgIpc) is 3.07. The molecule has 1 aromatic heterocycles. The Bertz CT molecular complexity index is 743. The van der Waals surface area contributed by atoms with Crippen molar-refractivity contribution in [1.29, 1.82) is 0 Å². The number of benzene rings is 2. The Morgan fingerprint density at radius 2 is 1.65 bits per heavy atom. The van der Waals surface area contributed by atoms with Crippen molar-refractivity contribution in [3.8, 4) is 17.1 Å². The van der Waals surface area contributed by atoms with Crippen LogP contribution >= 0.6 is 0 Å². The quantitative estimate of drug-likeness (QED) is 0.695. The summed E-state index contributed by atoms with van der Waals surface area (Å²) in [6, 6.07) is 19.2. The van der Waals surface area contributed by atoms with Gasteiger partial charge in [0, 0.05) is 12.6 Å². The van der Waals surface area contributed by atoms with Crippen LogP contribution in [0.4, 0.5) is 0 Å². The van der Waals surface area contributed by atoms with E-state index in [1.54, 1.807) is 4.68 Å². The number of hydrogen-bond acceptors (Lipinski definition) is 4. The highest BCUT2D eigenvalue weighted by Gasteiger charge is 2.21. The van der Waals surface area contributed by atoms with E-state index in [2.05, 4.69) is 10.1 Å². The van der Waals surface area contributed by atoms with Crippen LogP contribution in [0.5, 0.6) is 0 Å². The van der Waals surface area contributed by atoms with Gasteiger partial charge in [-0.15, -0.1) is 5.10 Å². The van der Waals surface area contributed by atoms with Crippen molar-refractivity contribution < 1.29 is 9.63 Å². The van der Waals surface area contributed by atoms with Gasteiger partial charge in [-0.05, 0) is 12.1 Å². The Morgan fingerprint density at radius 3 is 2.26 bits per heavy atom. The van der Waals surface area contributed by atoms with E-state index >= 15 is 0 Å². The normalized spacial score (nSPS) is 10.5. The topological polar surface area (TPSA) is 60.2 Å². The van der Waals surface area contributed by atoms with Crippen LogP contribution in [0, 0.1) is 0 Å². The molecule has 0 saturated carbocycles. The van der Waals surface area contributed by atoms with E-state index in [0.717, 1.165) is 16.3 Å². The van der Waals surface area contributed by atoms with Gasteiger partial charge in [0.05, 0.1) is 12.8 Å². The Morgan fingerprint density at radius 1 is 1.04 bits per heavy atom. The zero-order chi connectivity index (χ0) is 16.2. The van der Waals surface area contributed by atoms with Gasteiger partial charge in [0.1, 0.15) is 0 Å². The number of para-hydroxylation sites is 1. The highest BCUT2D eigenvalue weighted by atomic mass is 16.7. The lowest BCUT2D eigenvalue weighted by Gasteiger charge is -2.10. The first-order valence-electron chi connectivity index (χ1n) is 7.11. The molecule has 0 spiro atoms. The van der Waals surface area contributed by atoms with Crippen molar-refractivity contribution in [3.05, 3.63) is 66.5 Å². The molecule has 1 heterocycles. The molecule has 3 aromatic rings. The van der Waals surface area contributed by atoms with Crippen LogP contribution in [0.25, 0.3) is 17.1 Å². The van der Waals surface area contributed by atoms with E-state index in [1.807, 2.05) is 60.7 Å². The smallest absolute Gasteiger partial charge is 0.274 e. The van der Waals surface area contributed by atoms with Crippen LogP contribution in [0.15, 0.2) is 60.7 Å². The minimum absolute atomic E-state index is 0.0806. The van der Waals surface area contributed by atoms with E-state index in [9.17, 15) is 4.79 Å². The summed E-state index contributed by atoms with van der Waals surface area (Å²) >= 11 is 0. The van der Waals surface area contributed by atoms with E-state index in [-0.39, 0.29) is 5.82 Å². The molecule has 0 aliphatic carbocycles. The van der Waals surface area contributed by atoms with Crippen LogP contribution in [0.2, 0.25) is 0 Å². The highest BCUT2D eigenvalue weighted by Crippen LogP contribution is 2.21. The summed E-state index contributed by atoms with van der Waals surface area (Å²) in [5.74, 6) is 0.279. The third kappa shape index (κ3) is 2.97. The fraction of sp³-hybridized carbons (Fsp3) is 0.118. The number of amides is 1. The Balaban J connectivity index is 2.13. The number of rotatable bonds is 4. The molecule has 0 bridgehead atoms. The van der Waals surface area contributed by atoms with E-state index in [0.29, 0.717) is 5.82 Å². The van der Waals surface area contributed by atoms with Crippen molar-refractivity contribution >= 4 is 5.91 Å². The summed E-state index contributed by atoms with van der Waals surface area (Å²) in [5.41, 5.74) is 1.71. The first-order chi connectivity index (χ1) is 11.2. The van der Waals surface area contributed by atoms with Crippen molar-refractivity contribution in [2.45, 2.75) is 0 Å². The molecule has 23 heavy (non-hydrogen) atoms. The molecule has 0 aliphatic heterocycles. The van der Waals surface area contributed by atoms with Gasteiger partial charge in [0.25, 0.3) is 0 Å². The van der Waals surface area contributed by atoms with E-state index in [4.69, 9.17) is 4.84 Å². The molecule has 6 nitrogen and oxygen atoms in total. The van der Waals surface area contributed by atoms with E-state index < -0.39 is 5.91 Å². The second-order valence-corrected chi connectivity index (χ2v) is 4.86. The van der Waals surface area contributed by atoms with Crippen molar-refractivity contribution in [3.63, 3.8) is 0 Å². The third-order valence-corrected chi connectivity index (χ3v) is 3.39. The van der Waals surface area contributed by atoms with Gasteiger partial charge in [0.2, 0.25) is 5.82 Å².